The van der Waals surface area contributed by atoms with E-state index >= 15 is 0 Å². The van der Waals surface area contributed by atoms with Gasteiger partial charge in [0.2, 0.25) is 5.91 Å². The lowest BCUT2D eigenvalue weighted by Crippen LogP contribution is -2.34. The molecule has 3 N–H and O–H groups in total. The van der Waals surface area contributed by atoms with Gasteiger partial charge in [-0.25, -0.2) is 0 Å². The molecule has 2 aliphatic rings. The predicted octanol–water partition coefficient (Wildman–Crippen LogP) is 2.27. The topological polar surface area (TPSA) is 58.4 Å². The van der Waals surface area contributed by atoms with Crippen molar-refractivity contribution in [1.29, 1.82) is 0 Å². The lowest BCUT2D eigenvalue weighted by Gasteiger charge is -2.17. The molecule has 0 aromatic heterocycles. The van der Waals surface area contributed by atoms with Crippen molar-refractivity contribution in [2.75, 3.05) is 19.6 Å². The van der Waals surface area contributed by atoms with E-state index in [1.165, 1.54) is 37.1 Å². The Balaban J connectivity index is 1.47. The lowest BCUT2D eigenvalue weighted by atomic mass is 9.95. The van der Waals surface area contributed by atoms with Crippen molar-refractivity contribution in [3.63, 3.8) is 0 Å². The molecule has 0 unspecified atom stereocenters. The lowest BCUT2D eigenvalue weighted by molar-refractivity contribution is -0.126. The van der Waals surface area contributed by atoms with Crippen LogP contribution in [0.4, 0.5) is 0 Å². The minimum atomic E-state index is 0.120. The quantitative estimate of drug-likeness (QED) is 0.847. The van der Waals surface area contributed by atoms with E-state index in [0.717, 1.165) is 25.8 Å². The summed E-state index contributed by atoms with van der Waals surface area (Å²) < 4.78 is 0. The van der Waals surface area contributed by atoms with Gasteiger partial charge in [-0.1, -0.05) is 30.7 Å². The molecule has 3 rings (SSSR count). The number of benzene rings is 1. The minimum absolute atomic E-state index is 0.120. The van der Waals surface area contributed by atoms with Gasteiger partial charge in [0, 0.05) is 19.0 Å². The van der Waals surface area contributed by atoms with Crippen LogP contribution < -0.4 is 11.1 Å². The van der Waals surface area contributed by atoms with Crippen molar-refractivity contribution in [3.05, 3.63) is 35.4 Å². The molecule has 1 heterocycles. The second-order valence-corrected chi connectivity index (χ2v) is 7.05. The molecular weight excluding hydrogens is 286 g/mol. The molecule has 126 valence electrons. The summed E-state index contributed by atoms with van der Waals surface area (Å²) in [5, 5.41) is 3.09. The largest absolute Gasteiger partial charge is 0.352 e. The molecule has 0 radical (unpaired) electrons. The van der Waals surface area contributed by atoms with Gasteiger partial charge >= 0.3 is 0 Å². The monoisotopic (exact) mass is 315 g/mol. The third-order valence-electron chi connectivity index (χ3n) is 5.39. The summed E-state index contributed by atoms with van der Waals surface area (Å²) in [7, 11) is 0. The summed E-state index contributed by atoms with van der Waals surface area (Å²) in [6.07, 6.45) is 5.87. The molecule has 4 heteroatoms. The normalized spacial score (nSPS) is 24.9. The maximum absolute atomic E-state index is 12.3. The van der Waals surface area contributed by atoms with Crippen molar-refractivity contribution in [1.82, 2.24) is 10.2 Å². The van der Waals surface area contributed by atoms with E-state index in [9.17, 15) is 4.79 Å². The van der Waals surface area contributed by atoms with Crippen LogP contribution in [-0.4, -0.2) is 30.4 Å². The summed E-state index contributed by atoms with van der Waals surface area (Å²) >= 11 is 0. The number of nitrogens with two attached hydrogens (primary N) is 1. The van der Waals surface area contributed by atoms with E-state index in [-0.39, 0.29) is 11.8 Å². The van der Waals surface area contributed by atoms with Crippen LogP contribution in [0.15, 0.2) is 24.3 Å². The van der Waals surface area contributed by atoms with Crippen LogP contribution >= 0.6 is 0 Å². The third-order valence-corrected chi connectivity index (χ3v) is 5.39. The molecule has 1 aliphatic heterocycles. The van der Waals surface area contributed by atoms with Crippen LogP contribution in [0.1, 0.15) is 43.2 Å². The van der Waals surface area contributed by atoms with Crippen molar-refractivity contribution in [3.8, 4) is 0 Å². The average molecular weight is 315 g/mol. The maximum atomic E-state index is 12.3. The molecular formula is C19H29N3O. The Morgan fingerprint density at radius 3 is 2.48 bits per heavy atom. The molecule has 23 heavy (non-hydrogen) atoms. The number of hydrogen-bond acceptors (Lipinski definition) is 3. The fourth-order valence-electron chi connectivity index (χ4n) is 3.95. The van der Waals surface area contributed by atoms with Gasteiger partial charge in [-0.05, 0) is 62.4 Å². The number of nitrogens with zero attached hydrogens (tertiary/aromatic N) is 1. The Kier molecular flexibility index (Phi) is 5.68. The zero-order valence-corrected chi connectivity index (χ0v) is 14.0. The highest BCUT2D eigenvalue weighted by atomic mass is 16.1. The molecule has 0 bridgehead atoms. The second-order valence-electron chi connectivity index (χ2n) is 7.05. The number of amides is 1. The van der Waals surface area contributed by atoms with Crippen LogP contribution in [0, 0.1) is 11.8 Å². The number of carbonyl (C=O) groups excluding carboxylic acids is 1. The molecule has 1 saturated heterocycles. The van der Waals surface area contributed by atoms with E-state index in [2.05, 4.69) is 34.5 Å². The van der Waals surface area contributed by atoms with Crippen molar-refractivity contribution < 1.29 is 4.79 Å². The Morgan fingerprint density at radius 1 is 1.09 bits per heavy atom. The highest BCUT2D eigenvalue weighted by Crippen LogP contribution is 2.31. The van der Waals surface area contributed by atoms with Crippen LogP contribution in [-0.2, 0) is 17.9 Å². The Labute approximate surface area is 139 Å². The van der Waals surface area contributed by atoms with Crippen molar-refractivity contribution in [2.24, 2.45) is 17.6 Å². The molecule has 0 spiro atoms. The van der Waals surface area contributed by atoms with Gasteiger partial charge in [0.1, 0.15) is 0 Å². The van der Waals surface area contributed by atoms with Gasteiger partial charge < -0.3 is 11.1 Å². The average Bonchev–Trinajstić information content (AvgIpc) is 3.25. The van der Waals surface area contributed by atoms with E-state index in [0.29, 0.717) is 19.0 Å². The predicted molar refractivity (Wildman–Crippen MR) is 92.7 cm³/mol. The number of carbonyl (C=O) groups is 1. The standard InChI is InChI=1S/C19H29N3O/c20-12-17-4-3-5-18(17)19(23)21-13-15-6-8-16(9-7-15)14-22-10-1-2-11-22/h6-9,17-18H,1-5,10-14,20H2,(H,21,23)/t17-,18-/m1/s1. The van der Waals surface area contributed by atoms with Gasteiger partial charge in [-0.2, -0.15) is 0 Å². The van der Waals surface area contributed by atoms with E-state index in [1.807, 2.05) is 0 Å². The first kappa shape index (κ1) is 16.5. The first-order valence-corrected chi connectivity index (χ1v) is 9.04. The van der Waals surface area contributed by atoms with Gasteiger partial charge in [0.05, 0.1) is 0 Å². The first-order chi connectivity index (χ1) is 11.3. The zero-order valence-electron chi connectivity index (χ0n) is 14.0. The number of hydrogen-bond donors (Lipinski definition) is 2. The molecule has 2 atom stereocenters. The van der Waals surface area contributed by atoms with Crippen LogP contribution in [0.25, 0.3) is 0 Å². The molecule has 1 aromatic carbocycles. The fraction of sp³-hybridized carbons (Fsp3) is 0.632. The van der Waals surface area contributed by atoms with Gasteiger partial charge in [0.15, 0.2) is 0 Å². The van der Waals surface area contributed by atoms with Crippen LogP contribution in [0.3, 0.4) is 0 Å². The van der Waals surface area contributed by atoms with Crippen molar-refractivity contribution in [2.45, 2.75) is 45.2 Å². The van der Waals surface area contributed by atoms with Crippen LogP contribution in [0.5, 0.6) is 0 Å². The highest BCUT2D eigenvalue weighted by Gasteiger charge is 2.31. The molecule has 1 amide bonds. The summed E-state index contributed by atoms with van der Waals surface area (Å²) in [5.74, 6) is 0.673. The second kappa shape index (κ2) is 7.93. The molecule has 1 saturated carbocycles. The summed E-state index contributed by atoms with van der Waals surface area (Å²) in [6.45, 7) is 4.75. The molecule has 1 aromatic rings. The van der Waals surface area contributed by atoms with Gasteiger partial charge in [0.25, 0.3) is 0 Å². The van der Waals surface area contributed by atoms with Crippen LogP contribution in [0.2, 0.25) is 0 Å². The number of rotatable bonds is 6. The maximum Gasteiger partial charge on any atom is 0.223 e. The van der Waals surface area contributed by atoms with E-state index in [4.69, 9.17) is 5.73 Å². The number of nitrogens with one attached hydrogen (secondary N) is 1. The summed E-state index contributed by atoms with van der Waals surface area (Å²) in [6, 6.07) is 8.66. The van der Waals surface area contributed by atoms with E-state index in [1.54, 1.807) is 0 Å². The minimum Gasteiger partial charge on any atom is -0.352 e. The SMILES string of the molecule is NC[C@H]1CCC[C@H]1C(=O)NCc1ccc(CN2CCCC2)cc1. The van der Waals surface area contributed by atoms with Gasteiger partial charge in [-0.3, -0.25) is 9.69 Å². The van der Waals surface area contributed by atoms with Gasteiger partial charge in [-0.15, -0.1) is 0 Å². The smallest absolute Gasteiger partial charge is 0.223 e. The summed E-state index contributed by atoms with van der Waals surface area (Å²) in [5.41, 5.74) is 8.30. The molecule has 1 aliphatic carbocycles. The zero-order chi connectivity index (χ0) is 16.1. The Hall–Kier alpha value is -1.39. The molecule has 2 fully saturated rings. The van der Waals surface area contributed by atoms with Crippen molar-refractivity contribution >= 4 is 5.91 Å². The highest BCUT2D eigenvalue weighted by molar-refractivity contribution is 5.79. The number of likely N-dealkylation sites (tertiary alicyclic amines) is 1. The first-order valence-electron chi connectivity index (χ1n) is 9.04. The Morgan fingerprint density at radius 2 is 1.78 bits per heavy atom. The molecule has 4 nitrogen and oxygen atoms in total. The Bertz CT molecular complexity index is 508. The summed E-state index contributed by atoms with van der Waals surface area (Å²) in [4.78, 5) is 14.8. The fourth-order valence-corrected chi connectivity index (χ4v) is 3.95. The van der Waals surface area contributed by atoms with E-state index < -0.39 is 0 Å². The third kappa shape index (κ3) is 4.33.